The van der Waals surface area contributed by atoms with Crippen molar-refractivity contribution in [3.63, 3.8) is 0 Å². The molecule has 0 aromatic rings. The standard InChI is InChI=1S/C6H8O7.3Na/c7-4(8)1-3(6(11)12)13-2-5(9)10;;;/h3H,1-2H2,(H,7,8)(H,9,10)(H,11,12);;;. The average molecular weight is 261 g/mol. The van der Waals surface area contributed by atoms with Crippen molar-refractivity contribution in [3.8, 4) is 0 Å². The third-order valence-electron chi connectivity index (χ3n) is 1.04. The number of hydrogen-bond acceptors (Lipinski definition) is 4. The zero-order chi connectivity index (χ0) is 10.4. The fraction of sp³-hybridized carbons (Fsp3) is 0.500. The average Bonchev–Trinajstić information content (AvgIpc) is 1.96. The summed E-state index contributed by atoms with van der Waals surface area (Å²) < 4.78 is 4.30. The Hall–Kier alpha value is 1.37. The van der Waals surface area contributed by atoms with E-state index in [-0.39, 0.29) is 88.7 Å². The van der Waals surface area contributed by atoms with Gasteiger partial charge in [0.2, 0.25) is 0 Å². The van der Waals surface area contributed by atoms with Gasteiger partial charge in [0.15, 0.2) is 6.10 Å². The summed E-state index contributed by atoms with van der Waals surface area (Å²) in [5.74, 6) is -4.21. The van der Waals surface area contributed by atoms with Crippen LogP contribution in [0.2, 0.25) is 0 Å². The van der Waals surface area contributed by atoms with E-state index >= 15 is 0 Å². The smallest absolute Gasteiger partial charge is 0.333 e. The Morgan fingerprint density at radius 3 is 1.62 bits per heavy atom. The van der Waals surface area contributed by atoms with E-state index in [0.29, 0.717) is 0 Å². The molecule has 0 amide bonds. The molecule has 0 aromatic heterocycles. The summed E-state index contributed by atoms with van der Waals surface area (Å²) in [4.78, 5) is 30.3. The number of carbonyl (C=O) groups is 3. The minimum Gasteiger partial charge on any atom is -0.481 e. The second kappa shape index (κ2) is 14.4. The third kappa shape index (κ3) is 15.4. The Morgan fingerprint density at radius 1 is 0.938 bits per heavy atom. The summed E-state index contributed by atoms with van der Waals surface area (Å²) in [6.45, 7) is -0.829. The monoisotopic (exact) mass is 261 g/mol. The molecule has 0 rings (SSSR count). The molecule has 0 aliphatic carbocycles. The van der Waals surface area contributed by atoms with Gasteiger partial charge in [-0.1, -0.05) is 0 Å². The number of aliphatic carboxylic acids is 3. The largest absolute Gasteiger partial charge is 0.481 e. The van der Waals surface area contributed by atoms with Gasteiger partial charge in [-0.25, -0.2) is 9.59 Å². The molecule has 0 aromatic carbocycles. The van der Waals surface area contributed by atoms with Crippen LogP contribution >= 0.6 is 0 Å². The second-order valence-corrected chi connectivity index (χ2v) is 2.13. The maximum Gasteiger partial charge on any atom is 0.333 e. The SMILES string of the molecule is O=C(O)COC(CC(=O)O)C(=O)O.[Na].[Na].[Na]. The maximum absolute atomic E-state index is 10.3. The third-order valence-corrected chi connectivity index (χ3v) is 1.04. The first-order chi connectivity index (χ1) is 5.93. The van der Waals surface area contributed by atoms with Crippen LogP contribution < -0.4 is 0 Å². The van der Waals surface area contributed by atoms with Crippen molar-refractivity contribution in [2.24, 2.45) is 0 Å². The van der Waals surface area contributed by atoms with Crippen LogP contribution in [0.1, 0.15) is 6.42 Å². The van der Waals surface area contributed by atoms with Crippen LogP contribution in [0, 0.1) is 0 Å². The molecular weight excluding hydrogens is 253 g/mol. The Bertz CT molecular complexity index is 232. The van der Waals surface area contributed by atoms with Crippen LogP contribution in [0.4, 0.5) is 0 Å². The van der Waals surface area contributed by atoms with Crippen molar-refractivity contribution in [3.05, 3.63) is 0 Å². The first kappa shape index (κ1) is 26.0. The van der Waals surface area contributed by atoms with Crippen molar-refractivity contribution >= 4 is 107 Å². The van der Waals surface area contributed by atoms with E-state index < -0.39 is 37.0 Å². The van der Waals surface area contributed by atoms with Crippen LogP contribution in [0.25, 0.3) is 0 Å². The molecule has 3 radical (unpaired) electrons. The van der Waals surface area contributed by atoms with Crippen LogP contribution in [0.3, 0.4) is 0 Å². The molecule has 7 nitrogen and oxygen atoms in total. The molecule has 10 heteroatoms. The normalized spacial score (nSPS) is 9.75. The quantitative estimate of drug-likeness (QED) is 0.467. The van der Waals surface area contributed by atoms with E-state index in [1.165, 1.54) is 0 Å². The van der Waals surface area contributed by atoms with Gasteiger partial charge in [0, 0.05) is 88.7 Å². The summed E-state index contributed by atoms with van der Waals surface area (Å²) in [5, 5.41) is 24.7. The van der Waals surface area contributed by atoms with Crippen molar-refractivity contribution in [2.75, 3.05) is 6.61 Å². The molecule has 0 spiro atoms. The second-order valence-electron chi connectivity index (χ2n) is 2.13. The predicted molar refractivity (Wildman–Crippen MR) is 54.5 cm³/mol. The number of carboxylic acid groups (broad SMARTS) is 3. The van der Waals surface area contributed by atoms with Gasteiger partial charge < -0.3 is 20.1 Å². The Morgan fingerprint density at radius 2 is 1.38 bits per heavy atom. The number of carboxylic acids is 3. The number of rotatable bonds is 6. The summed E-state index contributed by atoms with van der Waals surface area (Å²) >= 11 is 0. The van der Waals surface area contributed by atoms with Crippen molar-refractivity contribution in [1.29, 1.82) is 0 Å². The minimum atomic E-state index is -1.62. The molecule has 0 fully saturated rings. The van der Waals surface area contributed by atoms with Gasteiger partial charge >= 0.3 is 17.9 Å². The van der Waals surface area contributed by atoms with Gasteiger partial charge in [0.25, 0.3) is 0 Å². The Labute approximate surface area is 158 Å². The van der Waals surface area contributed by atoms with Gasteiger partial charge in [0.1, 0.15) is 6.61 Å². The van der Waals surface area contributed by atoms with Crippen LogP contribution in [-0.4, -0.2) is 135 Å². The first-order valence-corrected chi connectivity index (χ1v) is 3.21. The van der Waals surface area contributed by atoms with Crippen molar-refractivity contribution in [1.82, 2.24) is 0 Å². The molecule has 0 saturated heterocycles. The van der Waals surface area contributed by atoms with E-state index in [0.717, 1.165) is 0 Å². The zero-order valence-electron chi connectivity index (χ0n) is 9.47. The number of ether oxygens (including phenoxy) is 1. The summed E-state index contributed by atoms with van der Waals surface area (Å²) in [6.07, 6.45) is -2.38. The van der Waals surface area contributed by atoms with Crippen LogP contribution in [0.15, 0.2) is 0 Å². The van der Waals surface area contributed by atoms with Gasteiger partial charge in [0.05, 0.1) is 6.42 Å². The molecule has 0 saturated carbocycles. The van der Waals surface area contributed by atoms with E-state index in [9.17, 15) is 14.4 Å². The van der Waals surface area contributed by atoms with Crippen LogP contribution in [0.5, 0.6) is 0 Å². The molecule has 0 aliphatic heterocycles. The summed E-state index contributed by atoms with van der Waals surface area (Å²) in [5.41, 5.74) is 0. The van der Waals surface area contributed by atoms with Crippen molar-refractivity contribution in [2.45, 2.75) is 12.5 Å². The summed E-state index contributed by atoms with van der Waals surface area (Å²) in [7, 11) is 0. The molecule has 0 heterocycles. The summed E-state index contributed by atoms with van der Waals surface area (Å²) in [6, 6.07) is 0. The predicted octanol–water partition coefficient (Wildman–Crippen LogP) is -2.13. The van der Waals surface area contributed by atoms with Gasteiger partial charge in [-0.3, -0.25) is 4.79 Å². The van der Waals surface area contributed by atoms with E-state index in [2.05, 4.69) is 4.74 Å². The Balaban J connectivity index is -0.000000240. The van der Waals surface area contributed by atoms with Gasteiger partial charge in [-0.2, -0.15) is 0 Å². The topological polar surface area (TPSA) is 121 Å². The molecule has 0 aliphatic rings. The fourth-order valence-electron chi connectivity index (χ4n) is 0.548. The first-order valence-electron chi connectivity index (χ1n) is 3.21. The molecule has 3 N–H and O–H groups in total. The maximum atomic E-state index is 10.3. The van der Waals surface area contributed by atoms with Crippen molar-refractivity contribution < 1.29 is 34.4 Å². The molecular formula is C6H8Na3O7. The van der Waals surface area contributed by atoms with E-state index in [1.54, 1.807) is 0 Å². The zero-order valence-corrected chi connectivity index (χ0v) is 15.5. The molecule has 16 heavy (non-hydrogen) atoms. The molecule has 77 valence electrons. The fourth-order valence-corrected chi connectivity index (χ4v) is 0.548. The number of hydrogen-bond donors (Lipinski definition) is 3. The van der Waals surface area contributed by atoms with Crippen LogP contribution in [-0.2, 0) is 19.1 Å². The van der Waals surface area contributed by atoms with Gasteiger partial charge in [-0.15, -0.1) is 0 Å². The molecule has 1 unspecified atom stereocenters. The van der Waals surface area contributed by atoms with E-state index in [1.807, 2.05) is 0 Å². The van der Waals surface area contributed by atoms with Gasteiger partial charge in [-0.05, 0) is 0 Å². The minimum absolute atomic E-state index is 0. The van der Waals surface area contributed by atoms with E-state index in [4.69, 9.17) is 15.3 Å². The Kier molecular flexibility index (Phi) is 23.5. The molecule has 0 bridgehead atoms. The molecule has 1 atom stereocenters.